The van der Waals surface area contributed by atoms with E-state index in [4.69, 9.17) is 0 Å². The highest BCUT2D eigenvalue weighted by molar-refractivity contribution is 9.10. The molecule has 0 spiro atoms. The summed E-state index contributed by atoms with van der Waals surface area (Å²) in [5, 5.41) is 15.8. The van der Waals surface area contributed by atoms with Crippen molar-refractivity contribution in [3.63, 3.8) is 0 Å². The fraction of sp³-hybridized carbons (Fsp3) is 0.412. The summed E-state index contributed by atoms with van der Waals surface area (Å²) in [5.41, 5.74) is 3.33. The summed E-state index contributed by atoms with van der Waals surface area (Å²) in [5.74, 6) is 0.698. The predicted octanol–water partition coefficient (Wildman–Crippen LogP) is 4.52. The molecule has 2 aliphatic rings. The molecule has 1 nitrogen and oxygen atoms in total. The Labute approximate surface area is 131 Å². The highest BCUT2D eigenvalue weighted by Gasteiger charge is 2.52. The summed E-state index contributed by atoms with van der Waals surface area (Å²) in [6, 6.07) is 8.72. The number of aliphatic hydroxyl groups is 1. The van der Waals surface area contributed by atoms with Gasteiger partial charge in [-0.2, -0.15) is 11.3 Å². The third kappa shape index (κ3) is 1.76. The van der Waals surface area contributed by atoms with Gasteiger partial charge in [0.1, 0.15) is 0 Å². The van der Waals surface area contributed by atoms with Crippen molar-refractivity contribution in [3.8, 4) is 0 Å². The second-order valence-corrected chi connectivity index (χ2v) is 7.70. The Morgan fingerprint density at radius 1 is 1.05 bits per heavy atom. The van der Waals surface area contributed by atoms with Crippen LogP contribution in [0.5, 0.6) is 0 Å². The molecule has 20 heavy (non-hydrogen) atoms. The van der Waals surface area contributed by atoms with Crippen LogP contribution in [-0.4, -0.2) is 5.11 Å². The monoisotopic (exact) mass is 348 g/mol. The van der Waals surface area contributed by atoms with Crippen molar-refractivity contribution >= 4 is 27.3 Å². The summed E-state index contributed by atoms with van der Waals surface area (Å²) in [4.78, 5) is 0. The zero-order chi connectivity index (χ0) is 13.7. The maximum absolute atomic E-state index is 11.5. The first-order valence-corrected chi connectivity index (χ1v) is 8.94. The van der Waals surface area contributed by atoms with Gasteiger partial charge in [-0.3, -0.25) is 0 Å². The maximum Gasteiger partial charge on any atom is 0.0977 e. The number of halogens is 1. The predicted molar refractivity (Wildman–Crippen MR) is 86.0 cm³/mol. The van der Waals surface area contributed by atoms with Gasteiger partial charge in [-0.25, -0.2) is 0 Å². The minimum Gasteiger partial charge on any atom is -0.384 e. The number of hydrogen-bond donors (Lipinski definition) is 1. The number of benzene rings is 1. The molecule has 3 heteroatoms. The van der Waals surface area contributed by atoms with E-state index < -0.39 is 5.60 Å². The molecule has 0 amide bonds. The number of hydrogen-bond acceptors (Lipinski definition) is 2. The summed E-state index contributed by atoms with van der Waals surface area (Å²) in [6.45, 7) is 0. The molecule has 2 unspecified atom stereocenters. The molecule has 2 atom stereocenters. The molecule has 1 N–H and O–H groups in total. The zero-order valence-electron chi connectivity index (χ0n) is 11.2. The van der Waals surface area contributed by atoms with E-state index in [1.54, 1.807) is 11.3 Å². The van der Waals surface area contributed by atoms with Crippen LogP contribution in [0.3, 0.4) is 0 Å². The first-order chi connectivity index (χ1) is 9.69. The summed E-state index contributed by atoms with van der Waals surface area (Å²) >= 11 is 5.30. The van der Waals surface area contributed by atoms with Crippen molar-refractivity contribution < 1.29 is 5.11 Å². The van der Waals surface area contributed by atoms with Crippen LogP contribution in [0.2, 0.25) is 0 Å². The van der Waals surface area contributed by atoms with E-state index in [2.05, 4.69) is 51.0 Å². The van der Waals surface area contributed by atoms with Gasteiger partial charge in [0.05, 0.1) is 5.60 Å². The summed E-state index contributed by atoms with van der Waals surface area (Å²) in [6.07, 6.45) is 4.28. The lowest BCUT2D eigenvalue weighted by atomic mass is 9.78. The number of fused-ring (bicyclic) bond motifs is 3. The lowest BCUT2D eigenvalue weighted by molar-refractivity contribution is -0.0397. The van der Waals surface area contributed by atoms with Gasteiger partial charge in [-0.05, 0) is 70.0 Å². The minimum atomic E-state index is -0.655. The molecule has 0 radical (unpaired) electrons. The van der Waals surface area contributed by atoms with Crippen LogP contribution in [0.1, 0.15) is 29.5 Å². The molecule has 0 saturated heterocycles. The lowest BCUT2D eigenvalue weighted by Crippen LogP contribution is -2.37. The van der Waals surface area contributed by atoms with Crippen LogP contribution in [0.25, 0.3) is 0 Å². The second-order valence-electron chi connectivity index (χ2n) is 6.11. The third-order valence-corrected chi connectivity index (χ3v) is 6.91. The quantitative estimate of drug-likeness (QED) is 0.802. The van der Waals surface area contributed by atoms with Crippen molar-refractivity contribution in [2.75, 3.05) is 0 Å². The SMILES string of the molecule is OC1(c2cscc2Br)C2CCC1Cc1ccccc1C2. The van der Waals surface area contributed by atoms with Crippen molar-refractivity contribution in [3.05, 3.63) is 56.2 Å². The smallest absolute Gasteiger partial charge is 0.0977 e. The Morgan fingerprint density at radius 2 is 1.65 bits per heavy atom. The van der Waals surface area contributed by atoms with Crippen molar-refractivity contribution in [2.45, 2.75) is 31.3 Å². The van der Waals surface area contributed by atoms with Crippen LogP contribution in [-0.2, 0) is 18.4 Å². The Kier molecular flexibility index (Phi) is 3.06. The largest absolute Gasteiger partial charge is 0.384 e. The third-order valence-electron chi connectivity index (χ3n) is 5.21. The van der Waals surface area contributed by atoms with Gasteiger partial charge in [0.25, 0.3) is 0 Å². The Morgan fingerprint density at radius 3 is 2.15 bits per heavy atom. The van der Waals surface area contributed by atoms with E-state index in [-0.39, 0.29) is 0 Å². The van der Waals surface area contributed by atoms with Gasteiger partial charge in [-0.1, -0.05) is 24.3 Å². The minimum absolute atomic E-state index is 0.349. The molecule has 2 bridgehead atoms. The lowest BCUT2D eigenvalue weighted by Gasteiger charge is -2.34. The molecule has 0 aliphatic heterocycles. The summed E-state index contributed by atoms with van der Waals surface area (Å²) in [7, 11) is 0. The van der Waals surface area contributed by atoms with Crippen molar-refractivity contribution in [1.82, 2.24) is 0 Å². The van der Waals surface area contributed by atoms with E-state index in [0.29, 0.717) is 11.8 Å². The van der Waals surface area contributed by atoms with Gasteiger partial charge in [0.15, 0.2) is 0 Å². The van der Waals surface area contributed by atoms with E-state index in [9.17, 15) is 5.11 Å². The van der Waals surface area contributed by atoms with E-state index in [1.807, 2.05) is 0 Å². The Bertz CT molecular complexity index is 615. The van der Waals surface area contributed by atoms with Crippen LogP contribution in [0.15, 0.2) is 39.5 Å². The van der Waals surface area contributed by atoms with Gasteiger partial charge < -0.3 is 5.11 Å². The van der Waals surface area contributed by atoms with Crippen LogP contribution < -0.4 is 0 Å². The summed E-state index contributed by atoms with van der Waals surface area (Å²) < 4.78 is 1.08. The van der Waals surface area contributed by atoms with Gasteiger partial charge in [0.2, 0.25) is 0 Å². The first kappa shape index (κ1) is 13.1. The van der Waals surface area contributed by atoms with Gasteiger partial charge in [-0.15, -0.1) is 0 Å². The molecule has 1 aromatic carbocycles. The van der Waals surface area contributed by atoms with Crippen LogP contribution >= 0.6 is 27.3 Å². The fourth-order valence-electron chi connectivity index (χ4n) is 4.18. The fourth-order valence-corrected chi connectivity index (χ4v) is 5.86. The Hall–Kier alpha value is -0.640. The molecule has 1 fully saturated rings. The molecule has 1 heterocycles. The van der Waals surface area contributed by atoms with E-state index in [0.717, 1.165) is 35.7 Å². The second kappa shape index (κ2) is 4.69. The molecular formula is C17H17BrOS. The van der Waals surface area contributed by atoms with Gasteiger partial charge in [0, 0.05) is 15.4 Å². The average Bonchev–Trinajstić information content (AvgIpc) is 2.94. The molecule has 2 aromatic rings. The molecule has 104 valence electrons. The molecule has 2 aliphatic carbocycles. The number of rotatable bonds is 1. The normalized spacial score (nSPS) is 31.9. The molecule has 1 aromatic heterocycles. The molecule has 4 rings (SSSR count). The maximum atomic E-state index is 11.5. The van der Waals surface area contributed by atoms with Crippen LogP contribution in [0, 0.1) is 11.8 Å². The topological polar surface area (TPSA) is 20.2 Å². The van der Waals surface area contributed by atoms with E-state index >= 15 is 0 Å². The van der Waals surface area contributed by atoms with Crippen LogP contribution in [0.4, 0.5) is 0 Å². The average molecular weight is 349 g/mol. The van der Waals surface area contributed by atoms with Crippen molar-refractivity contribution in [1.29, 1.82) is 0 Å². The standard InChI is InChI=1S/C17H17BrOS/c18-16-10-20-9-15(16)17(19)13-5-6-14(17)8-12-4-2-1-3-11(12)7-13/h1-4,9-10,13-14,19H,5-8H2. The first-order valence-electron chi connectivity index (χ1n) is 7.21. The van der Waals surface area contributed by atoms with E-state index in [1.165, 1.54) is 11.1 Å². The molecule has 1 saturated carbocycles. The highest BCUT2D eigenvalue weighted by atomic mass is 79.9. The zero-order valence-corrected chi connectivity index (χ0v) is 13.6. The number of thiophene rings is 1. The highest BCUT2D eigenvalue weighted by Crippen LogP contribution is 2.54. The van der Waals surface area contributed by atoms with Gasteiger partial charge >= 0.3 is 0 Å². The Balaban J connectivity index is 1.83. The van der Waals surface area contributed by atoms with Crippen molar-refractivity contribution in [2.24, 2.45) is 11.8 Å². The molecular weight excluding hydrogens is 332 g/mol.